The van der Waals surface area contributed by atoms with Crippen molar-refractivity contribution in [3.05, 3.63) is 29.8 Å². The Labute approximate surface area is 150 Å². The van der Waals surface area contributed by atoms with E-state index < -0.39 is 10.1 Å². The van der Waals surface area contributed by atoms with Crippen molar-refractivity contribution in [3.8, 4) is 5.75 Å². The van der Waals surface area contributed by atoms with E-state index in [9.17, 15) is 13.0 Å². The van der Waals surface area contributed by atoms with Crippen molar-refractivity contribution < 1.29 is 47.3 Å². The Morgan fingerprint density at radius 2 is 1.81 bits per heavy atom. The first-order chi connectivity index (χ1) is 9.42. The molecule has 1 aromatic rings. The van der Waals surface area contributed by atoms with Crippen molar-refractivity contribution in [1.82, 2.24) is 0 Å². The molecule has 0 aliphatic rings. The standard InChI is InChI=1S/C15H24O4S.Na/c1-3-6-13(2)14-7-9-15(10-8-14)19-11-4-5-12-20(16,17)18;/h7-10,13H,3-6,11-12H2,1-2H3,(H,16,17,18);/q;+1/p-1. The van der Waals surface area contributed by atoms with Crippen molar-refractivity contribution >= 4 is 10.1 Å². The summed E-state index contributed by atoms with van der Waals surface area (Å²) in [5, 5.41) is 0. The third kappa shape index (κ3) is 9.53. The molecule has 0 radical (unpaired) electrons. The Bertz CT molecular complexity index is 485. The second-order valence-electron chi connectivity index (χ2n) is 5.08. The average molecular weight is 322 g/mol. The normalized spacial score (nSPS) is 12.5. The first kappa shape index (κ1) is 20.9. The van der Waals surface area contributed by atoms with E-state index in [1.807, 2.05) is 12.1 Å². The molecule has 0 saturated heterocycles. The van der Waals surface area contributed by atoms with Crippen LogP contribution in [0.3, 0.4) is 0 Å². The molecule has 114 valence electrons. The minimum absolute atomic E-state index is 0. The summed E-state index contributed by atoms with van der Waals surface area (Å²) in [4.78, 5) is 0. The molecule has 21 heavy (non-hydrogen) atoms. The summed E-state index contributed by atoms with van der Waals surface area (Å²) >= 11 is 0. The van der Waals surface area contributed by atoms with E-state index in [0.717, 1.165) is 5.75 Å². The van der Waals surface area contributed by atoms with Crippen LogP contribution >= 0.6 is 0 Å². The van der Waals surface area contributed by atoms with Gasteiger partial charge in [0.15, 0.2) is 0 Å². The van der Waals surface area contributed by atoms with E-state index in [0.29, 0.717) is 25.4 Å². The van der Waals surface area contributed by atoms with Gasteiger partial charge in [-0.1, -0.05) is 32.4 Å². The fourth-order valence-corrected chi connectivity index (χ4v) is 2.62. The quantitative estimate of drug-likeness (QED) is 0.373. The van der Waals surface area contributed by atoms with Crippen molar-refractivity contribution in [1.29, 1.82) is 0 Å². The molecule has 0 spiro atoms. The van der Waals surface area contributed by atoms with E-state index in [-0.39, 0.29) is 35.3 Å². The SMILES string of the molecule is CCCC(C)c1ccc(OCCCCS(=O)(=O)[O-])cc1.[Na+]. The molecule has 0 heterocycles. The molecule has 6 heteroatoms. The molecule has 0 aliphatic heterocycles. The summed E-state index contributed by atoms with van der Waals surface area (Å²) in [5.74, 6) is 1.02. The van der Waals surface area contributed by atoms with Gasteiger partial charge in [0.25, 0.3) is 0 Å². The third-order valence-corrected chi connectivity index (χ3v) is 4.02. The predicted octanol–water partition coefficient (Wildman–Crippen LogP) is 0.298. The van der Waals surface area contributed by atoms with Crippen LogP contribution in [0, 0.1) is 0 Å². The van der Waals surface area contributed by atoms with Gasteiger partial charge in [-0.15, -0.1) is 0 Å². The number of ether oxygens (including phenoxy) is 1. The number of unbranched alkanes of at least 4 members (excludes halogenated alkanes) is 1. The summed E-state index contributed by atoms with van der Waals surface area (Å²) in [6.07, 6.45) is 3.25. The van der Waals surface area contributed by atoms with Gasteiger partial charge in [0.1, 0.15) is 5.75 Å². The summed E-state index contributed by atoms with van der Waals surface area (Å²) in [5.41, 5.74) is 1.30. The number of benzene rings is 1. The molecule has 0 aliphatic carbocycles. The van der Waals surface area contributed by atoms with Crippen molar-refractivity contribution in [2.24, 2.45) is 0 Å². The van der Waals surface area contributed by atoms with Crippen molar-refractivity contribution in [2.75, 3.05) is 12.4 Å². The maximum absolute atomic E-state index is 10.4. The van der Waals surface area contributed by atoms with Gasteiger partial charge in [-0.25, -0.2) is 8.42 Å². The van der Waals surface area contributed by atoms with Crippen LogP contribution in [0.5, 0.6) is 5.75 Å². The second kappa shape index (κ2) is 10.6. The zero-order chi connectivity index (χ0) is 15.0. The Balaban J connectivity index is 0.00000400. The number of rotatable bonds is 9. The zero-order valence-electron chi connectivity index (χ0n) is 13.2. The minimum atomic E-state index is -4.10. The Kier molecular flexibility index (Phi) is 10.6. The van der Waals surface area contributed by atoms with E-state index in [4.69, 9.17) is 4.74 Å². The van der Waals surface area contributed by atoms with Crippen LogP contribution in [0.25, 0.3) is 0 Å². The Hall–Kier alpha value is -0.0700. The van der Waals surface area contributed by atoms with E-state index in [1.165, 1.54) is 18.4 Å². The van der Waals surface area contributed by atoms with Crippen LogP contribution < -0.4 is 34.3 Å². The number of hydrogen-bond donors (Lipinski definition) is 0. The molecular formula is C15H23NaO4S. The first-order valence-corrected chi connectivity index (χ1v) is 8.66. The monoisotopic (exact) mass is 322 g/mol. The van der Waals surface area contributed by atoms with Gasteiger partial charge in [0.2, 0.25) is 0 Å². The van der Waals surface area contributed by atoms with Gasteiger partial charge >= 0.3 is 29.6 Å². The van der Waals surface area contributed by atoms with Crippen LogP contribution in [0.15, 0.2) is 24.3 Å². The summed E-state index contributed by atoms with van der Waals surface area (Å²) in [7, 11) is -4.10. The van der Waals surface area contributed by atoms with Gasteiger partial charge in [0.05, 0.1) is 16.7 Å². The molecule has 0 amide bonds. The molecule has 0 fully saturated rings. The van der Waals surface area contributed by atoms with Crippen molar-refractivity contribution in [3.63, 3.8) is 0 Å². The molecule has 1 aromatic carbocycles. The molecule has 0 N–H and O–H groups in total. The number of hydrogen-bond acceptors (Lipinski definition) is 4. The van der Waals surface area contributed by atoms with Gasteiger partial charge < -0.3 is 9.29 Å². The smallest absolute Gasteiger partial charge is 0.748 e. The third-order valence-electron chi connectivity index (χ3n) is 3.23. The molecular weight excluding hydrogens is 299 g/mol. The first-order valence-electron chi connectivity index (χ1n) is 7.08. The molecule has 1 unspecified atom stereocenters. The summed E-state index contributed by atoms with van der Waals surface area (Å²) < 4.78 is 36.8. The van der Waals surface area contributed by atoms with Gasteiger partial charge in [-0.2, -0.15) is 0 Å². The zero-order valence-corrected chi connectivity index (χ0v) is 16.0. The fourth-order valence-electron chi connectivity index (χ4n) is 2.06. The van der Waals surface area contributed by atoms with Gasteiger partial charge in [-0.3, -0.25) is 0 Å². The van der Waals surface area contributed by atoms with E-state index in [1.54, 1.807) is 0 Å². The van der Waals surface area contributed by atoms with Gasteiger partial charge in [-0.05, 0) is 42.9 Å². The molecule has 0 bridgehead atoms. The largest absolute Gasteiger partial charge is 1.00 e. The van der Waals surface area contributed by atoms with Crippen LogP contribution in [0.1, 0.15) is 51.0 Å². The Morgan fingerprint density at radius 1 is 1.19 bits per heavy atom. The van der Waals surface area contributed by atoms with Gasteiger partial charge in [0, 0.05) is 5.75 Å². The summed E-state index contributed by atoms with van der Waals surface area (Å²) in [6.45, 7) is 4.82. The average Bonchev–Trinajstić information content (AvgIpc) is 2.38. The fraction of sp³-hybridized carbons (Fsp3) is 0.600. The minimum Gasteiger partial charge on any atom is -0.748 e. The van der Waals surface area contributed by atoms with Crippen LogP contribution in [-0.4, -0.2) is 25.3 Å². The second-order valence-corrected chi connectivity index (χ2v) is 6.60. The molecule has 0 aromatic heterocycles. The maximum Gasteiger partial charge on any atom is 1.00 e. The predicted molar refractivity (Wildman–Crippen MR) is 79.1 cm³/mol. The van der Waals surface area contributed by atoms with Crippen molar-refractivity contribution in [2.45, 2.75) is 45.4 Å². The van der Waals surface area contributed by atoms with Crippen LogP contribution in [0.2, 0.25) is 0 Å². The van der Waals surface area contributed by atoms with E-state index in [2.05, 4.69) is 26.0 Å². The molecule has 1 rings (SSSR count). The van der Waals surface area contributed by atoms with Crippen LogP contribution in [0.4, 0.5) is 0 Å². The molecule has 4 nitrogen and oxygen atoms in total. The van der Waals surface area contributed by atoms with Crippen LogP contribution in [-0.2, 0) is 10.1 Å². The molecule has 0 saturated carbocycles. The summed E-state index contributed by atoms with van der Waals surface area (Å²) in [6, 6.07) is 8.01. The van der Waals surface area contributed by atoms with E-state index >= 15 is 0 Å². The maximum atomic E-state index is 10.4. The molecule has 1 atom stereocenters. The topological polar surface area (TPSA) is 66.4 Å². The Morgan fingerprint density at radius 3 is 2.33 bits per heavy atom.